The minimum atomic E-state index is -4.64. The van der Waals surface area contributed by atoms with Crippen LogP contribution in [-0.2, 0) is 20.9 Å². The average Bonchev–Trinajstić information content (AvgIpc) is 3.57. The molecule has 3 aromatic rings. The Balaban J connectivity index is 1.84. The van der Waals surface area contributed by atoms with Crippen molar-refractivity contribution in [3.63, 3.8) is 0 Å². The predicted octanol–water partition coefficient (Wildman–Crippen LogP) is 5.01. The fourth-order valence-corrected chi connectivity index (χ4v) is 4.62. The SMILES string of the molecule is O=S(=O)(c1ccc(C(F)(F)F)cc1OCC1CO1)N(c1ccccc1)c1ccccc1. The molecule has 1 fully saturated rings. The molecule has 1 aliphatic heterocycles. The topological polar surface area (TPSA) is 59.1 Å². The second kappa shape index (κ2) is 8.24. The lowest BCUT2D eigenvalue weighted by molar-refractivity contribution is -0.137. The number of rotatable bonds is 7. The molecule has 162 valence electrons. The molecule has 3 aromatic carbocycles. The van der Waals surface area contributed by atoms with Crippen molar-refractivity contribution in [2.24, 2.45) is 0 Å². The van der Waals surface area contributed by atoms with Gasteiger partial charge >= 0.3 is 6.18 Å². The van der Waals surface area contributed by atoms with Crippen LogP contribution in [0.2, 0.25) is 0 Å². The number of para-hydroxylation sites is 2. The van der Waals surface area contributed by atoms with Crippen LogP contribution in [0.15, 0.2) is 83.8 Å². The van der Waals surface area contributed by atoms with Gasteiger partial charge in [-0.3, -0.25) is 0 Å². The van der Waals surface area contributed by atoms with E-state index in [-0.39, 0.29) is 23.4 Å². The summed E-state index contributed by atoms with van der Waals surface area (Å²) in [5, 5.41) is 0. The first-order valence-electron chi connectivity index (χ1n) is 9.38. The number of nitrogens with zero attached hydrogens (tertiary/aromatic N) is 1. The molecule has 1 aliphatic rings. The number of ether oxygens (including phenoxy) is 2. The third-order valence-electron chi connectivity index (χ3n) is 4.60. The molecule has 1 saturated heterocycles. The minimum absolute atomic E-state index is 0.0412. The van der Waals surface area contributed by atoms with Crippen molar-refractivity contribution in [2.75, 3.05) is 17.5 Å². The van der Waals surface area contributed by atoms with E-state index < -0.39 is 21.8 Å². The Morgan fingerprint density at radius 2 is 1.48 bits per heavy atom. The van der Waals surface area contributed by atoms with Gasteiger partial charge in [0.05, 0.1) is 23.5 Å². The Bertz CT molecular complexity index is 1110. The third-order valence-corrected chi connectivity index (χ3v) is 6.39. The van der Waals surface area contributed by atoms with Crippen LogP contribution in [0.1, 0.15) is 5.56 Å². The summed E-state index contributed by atoms with van der Waals surface area (Å²) in [6.07, 6.45) is -4.90. The van der Waals surface area contributed by atoms with Gasteiger partial charge in [0.15, 0.2) is 0 Å². The molecule has 0 aromatic heterocycles. The van der Waals surface area contributed by atoms with Crippen molar-refractivity contribution in [3.8, 4) is 5.75 Å². The highest BCUT2D eigenvalue weighted by Gasteiger charge is 2.35. The van der Waals surface area contributed by atoms with Crippen LogP contribution in [0.3, 0.4) is 0 Å². The molecule has 0 saturated carbocycles. The maximum absolute atomic E-state index is 13.7. The fourth-order valence-electron chi connectivity index (χ4n) is 3.01. The minimum Gasteiger partial charge on any atom is -0.489 e. The number of halogens is 3. The van der Waals surface area contributed by atoms with Crippen LogP contribution in [0.5, 0.6) is 5.75 Å². The van der Waals surface area contributed by atoms with Crippen molar-refractivity contribution in [2.45, 2.75) is 17.2 Å². The van der Waals surface area contributed by atoms with Crippen molar-refractivity contribution in [1.82, 2.24) is 0 Å². The lowest BCUT2D eigenvalue weighted by Crippen LogP contribution is -2.27. The summed E-state index contributed by atoms with van der Waals surface area (Å²) >= 11 is 0. The summed E-state index contributed by atoms with van der Waals surface area (Å²) in [5.74, 6) is -0.373. The van der Waals surface area contributed by atoms with Gasteiger partial charge in [-0.1, -0.05) is 36.4 Å². The van der Waals surface area contributed by atoms with Gasteiger partial charge < -0.3 is 9.47 Å². The number of hydrogen-bond donors (Lipinski definition) is 0. The standard InChI is InChI=1S/C22H18F3NO4S/c23-22(24,25)16-11-12-21(20(13-16)30-15-19-14-29-19)31(27,28)26(17-7-3-1-4-8-17)18-9-5-2-6-10-18/h1-13,19H,14-15H2. The molecule has 1 unspecified atom stereocenters. The lowest BCUT2D eigenvalue weighted by atomic mass is 10.2. The van der Waals surface area contributed by atoms with Crippen LogP contribution >= 0.6 is 0 Å². The van der Waals surface area contributed by atoms with E-state index in [4.69, 9.17) is 9.47 Å². The molecule has 1 heterocycles. The van der Waals surface area contributed by atoms with Gasteiger partial charge in [-0.05, 0) is 42.5 Å². The first-order valence-corrected chi connectivity index (χ1v) is 10.8. The van der Waals surface area contributed by atoms with Crippen LogP contribution < -0.4 is 9.04 Å². The normalized spacial score (nSPS) is 16.0. The Morgan fingerprint density at radius 3 is 1.97 bits per heavy atom. The summed E-state index contributed by atoms with van der Waals surface area (Å²) in [6, 6.07) is 19.0. The third kappa shape index (κ3) is 4.67. The van der Waals surface area contributed by atoms with E-state index >= 15 is 0 Å². The lowest BCUT2D eigenvalue weighted by Gasteiger charge is -2.26. The number of sulfonamides is 1. The largest absolute Gasteiger partial charge is 0.489 e. The van der Waals surface area contributed by atoms with Gasteiger partial charge in [-0.2, -0.15) is 13.2 Å². The molecule has 1 atom stereocenters. The van der Waals surface area contributed by atoms with Gasteiger partial charge in [0.1, 0.15) is 23.4 Å². The highest BCUT2D eigenvalue weighted by Crippen LogP contribution is 2.39. The Kier molecular flexibility index (Phi) is 5.63. The molecular weight excluding hydrogens is 431 g/mol. The molecule has 0 N–H and O–H groups in total. The first kappa shape index (κ1) is 21.2. The van der Waals surface area contributed by atoms with Gasteiger partial charge in [0.2, 0.25) is 0 Å². The zero-order valence-electron chi connectivity index (χ0n) is 16.1. The molecule has 0 spiro atoms. The van der Waals surface area contributed by atoms with Crippen molar-refractivity contribution in [1.29, 1.82) is 0 Å². The maximum atomic E-state index is 13.7. The van der Waals surface area contributed by atoms with E-state index in [0.29, 0.717) is 24.0 Å². The Hall–Kier alpha value is -3.04. The van der Waals surface area contributed by atoms with E-state index in [1.807, 2.05) is 0 Å². The molecule has 4 rings (SSSR count). The molecule has 5 nitrogen and oxygen atoms in total. The molecule has 0 aliphatic carbocycles. The van der Waals surface area contributed by atoms with E-state index in [0.717, 1.165) is 16.4 Å². The first-order chi connectivity index (χ1) is 14.8. The summed E-state index contributed by atoms with van der Waals surface area (Å²) in [5.41, 5.74) is -0.320. The van der Waals surface area contributed by atoms with Gasteiger partial charge in [-0.15, -0.1) is 0 Å². The average molecular weight is 449 g/mol. The highest BCUT2D eigenvalue weighted by atomic mass is 32.2. The van der Waals surface area contributed by atoms with Gasteiger partial charge in [-0.25, -0.2) is 12.7 Å². The quantitative estimate of drug-likeness (QED) is 0.476. The smallest absolute Gasteiger partial charge is 0.416 e. The zero-order valence-corrected chi connectivity index (χ0v) is 16.9. The van der Waals surface area contributed by atoms with Crippen LogP contribution in [0.4, 0.5) is 24.5 Å². The second-order valence-electron chi connectivity index (χ2n) is 6.87. The summed E-state index contributed by atoms with van der Waals surface area (Å²) in [6.45, 7) is 0.377. The number of benzene rings is 3. The molecule has 0 bridgehead atoms. The monoisotopic (exact) mass is 449 g/mol. The summed E-state index contributed by atoms with van der Waals surface area (Å²) in [4.78, 5) is -0.367. The van der Waals surface area contributed by atoms with Crippen molar-refractivity contribution < 1.29 is 31.1 Å². The summed E-state index contributed by atoms with van der Waals surface area (Å²) in [7, 11) is -4.33. The summed E-state index contributed by atoms with van der Waals surface area (Å²) < 4.78 is 78.8. The second-order valence-corrected chi connectivity index (χ2v) is 8.62. The van der Waals surface area contributed by atoms with Gasteiger partial charge in [0.25, 0.3) is 10.0 Å². The number of hydrogen-bond acceptors (Lipinski definition) is 4. The number of epoxide rings is 1. The molecule has 9 heteroatoms. The molecular formula is C22H18F3NO4S. The maximum Gasteiger partial charge on any atom is 0.416 e. The Morgan fingerprint density at radius 1 is 0.935 bits per heavy atom. The van der Waals surface area contributed by atoms with E-state index in [2.05, 4.69) is 0 Å². The van der Waals surface area contributed by atoms with Crippen LogP contribution in [-0.4, -0.2) is 27.7 Å². The molecule has 0 radical (unpaired) electrons. The van der Waals surface area contributed by atoms with Crippen molar-refractivity contribution >= 4 is 21.4 Å². The molecule has 31 heavy (non-hydrogen) atoms. The molecule has 0 amide bonds. The Labute approximate surface area is 177 Å². The van der Waals surface area contributed by atoms with Crippen LogP contribution in [0.25, 0.3) is 0 Å². The van der Waals surface area contributed by atoms with E-state index in [1.165, 1.54) is 0 Å². The number of anilines is 2. The highest BCUT2D eigenvalue weighted by molar-refractivity contribution is 7.93. The van der Waals surface area contributed by atoms with E-state index in [1.54, 1.807) is 60.7 Å². The van der Waals surface area contributed by atoms with Gasteiger partial charge in [0, 0.05) is 0 Å². The predicted molar refractivity (Wildman–Crippen MR) is 109 cm³/mol. The van der Waals surface area contributed by atoms with Crippen molar-refractivity contribution in [3.05, 3.63) is 84.4 Å². The number of alkyl halides is 3. The fraction of sp³-hybridized carbons (Fsp3) is 0.182. The van der Waals surface area contributed by atoms with E-state index in [9.17, 15) is 21.6 Å². The van der Waals surface area contributed by atoms with Crippen LogP contribution in [0, 0.1) is 0 Å². The zero-order chi connectivity index (χ0) is 22.1.